The maximum Gasteiger partial charge on any atom is 0.226 e. The van der Waals surface area contributed by atoms with Gasteiger partial charge in [-0.2, -0.15) is 0 Å². The van der Waals surface area contributed by atoms with E-state index in [4.69, 9.17) is 4.74 Å². The first-order valence-electron chi connectivity index (χ1n) is 11.0. The van der Waals surface area contributed by atoms with Gasteiger partial charge in [-0.25, -0.2) is 8.42 Å². The first kappa shape index (κ1) is 22.1. The Labute approximate surface area is 175 Å². The van der Waals surface area contributed by atoms with Gasteiger partial charge in [-0.05, 0) is 88.5 Å². The predicted octanol–water partition coefficient (Wildman–Crippen LogP) is 3.92. The second-order valence-corrected chi connectivity index (χ2v) is 11.6. The van der Waals surface area contributed by atoms with Crippen molar-refractivity contribution in [2.24, 2.45) is 5.92 Å². The van der Waals surface area contributed by atoms with Gasteiger partial charge in [0.1, 0.15) is 5.75 Å². The second-order valence-electron chi connectivity index (χ2n) is 8.99. The molecule has 6 heteroatoms. The van der Waals surface area contributed by atoms with Gasteiger partial charge < -0.3 is 9.64 Å². The minimum atomic E-state index is -3.02. The van der Waals surface area contributed by atoms with Crippen LogP contribution in [0.4, 0.5) is 0 Å². The van der Waals surface area contributed by atoms with Crippen molar-refractivity contribution in [1.82, 2.24) is 4.90 Å². The monoisotopic (exact) mass is 421 g/mol. The molecule has 0 N–H and O–H groups in total. The number of amides is 1. The fraction of sp³-hybridized carbons (Fsp3) is 0.696. The van der Waals surface area contributed by atoms with Crippen LogP contribution in [0.2, 0.25) is 0 Å². The fourth-order valence-electron chi connectivity index (χ4n) is 4.28. The lowest BCUT2D eigenvalue weighted by molar-refractivity contribution is -0.131. The van der Waals surface area contributed by atoms with Gasteiger partial charge in [0.2, 0.25) is 5.91 Å². The standard InChI is InChI=1S/C23H35NO4S/c1-17(2)29(26,27)16-19-10-12-24(13-11-19)23(25)15-20-8-9-22(14-18(20)3)28-21-6-4-5-7-21/h8-9,14,17,19,21H,4-7,10-13,15-16H2,1-3H3. The number of likely N-dealkylation sites (tertiary alicyclic amines) is 1. The maximum atomic E-state index is 12.8. The van der Waals surface area contributed by atoms with E-state index in [1.807, 2.05) is 30.0 Å². The number of benzene rings is 1. The Balaban J connectivity index is 1.50. The maximum absolute atomic E-state index is 12.8. The molecule has 29 heavy (non-hydrogen) atoms. The number of carbonyl (C=O) groups is 1. The van der Waals surface area contributed by atoms with E-state index in [9.17, 15) is 13.2 Å². The fourth-order valence-corrected chi connectivity index (χ4v) is 5.66. The Morgan fingerprint density at radius 1 is 1.14 bits per heavy atom. The molecular formula is C23H35NO4S. The number of ether oxygens (including phenoxy) is 1. The van der Waals surface area contributed by atoms with Gasteiger partial charge in [0.15, 0.2) is 9.84 Å². The van der Waals surface area contributed by atoms with Gasteiger partial charge in [0.05, 0.1) is 23.5 Å². The van der Waals surface area contributed by atoms with Crippen molar-refractivity contribution in [3.63, 3.8) is 0 Å². The molecule has 1 aliphatic carbocycles. The molecule has 1 aromatic carbocycles. The summed E-state index contributed by atoms with van der Waals surface area (Å²) in [5.41, 5.74) is 2.13. The number of sulfone groups is 1. The van der Waals surface area contributed by atoms with E-state index < -0.39 is 9.84 Å². The molecule has 162 valence electrons. The molecule has 0 atom stereocenters. The summed E-state index contributed by atoms with van der Waals surface area (Å²) in [6, 6.07) is 6.04. The van der Waals surface area contributed by atoms with Crippen LogP contribution in [0.1, 0.15) is 63.5 Å². The molecule has 1 amide bonds. The van der Waals surface area contributed by atoms with Crippen LogP contribution in [0, 0.1) is 12.8 Å². The second kappa shape index (κ2) is 9.50. The highest BCUT2D eigenvalue weighted by Crippen LogP contribution is 2.26. The van der Waals surface area contributed by atoms with E-state index in [-0.39, 0.29) is 22.8 Å². The summed E-state index contributed by atoms with van der Waals surface area (Å²) in [6.07, 6.45) is 7.02. The summed E-state index contributed by atoms with van der Waals surface area (Å²) in [5.74, 6) is 1.44. The minimum absolute atomic E-state index is 0.128. The zero-order valence-electron chi connectivity index (χ0n) is 18.0. The molecule has 5 nitrogen and oxygen atoms in total. The van der Waals surface area contributed by atoms with Gasteiger partial charge in [0, 0.05) is 13.1 Å². The van der Waals surface area contributed by atoms with Crippen molar-refractivity contribution in [3.8, 4) is 5.75 Å². The van der Waals surface area contributed by atoms with Crippen LogP contribution >= 0.6 is 0 Å². The third-order valence-corrected chi connectivity index (χ3v) is 8.79. The molecule has 1 heterocycles. The van der Waals surface area contributed by atoms with Gasteiger partial charge in [0.25, 0.3) is 0 Å². The Hall–Kier alpha value is -1.56. The van der Waals surface area contributed by atoms with E-state index in [2.05, 4.69) is 0 Å². The Morgan fingerprint density at radius 2 is 1.79 bits per heavy atom. The number of hydrogen-bond donors (Lipinski definition) is 0. The number of nitrogens with zero attached hydrogens (tertiary/aromatic N) is 1. The summed E-state index contributed by atoms with van der Waals surface area (Å²) < 4.78 is 30.3. The molecule has 2 fully saturated rings. The van der Waals surface area contributed by atoms with E-state index >= 15 is 0 Å². The van der Waals surface area contributed by atoms with Crippen molar-refractivity contribution in [2.45, 2.75) is 77.1 Å². The first-order valence-corrected chi connectivity index (χ1v) is 12.7. The van der Waals surface area contributed by atoms with Crippen molar-refractivity contribution >= 4 is 15.7 Å². The summed E-state index contributed by atoms with van der Waals surface area (Å²) in [6.45, 7) is 6.81. The lowest BCUT2D eigenvalue weighted by Gasteiger charge is -2.32. The van der Waals surface area contributed by atoms with Gasteiger partial charge in [-0.3, -0.25) is 4.79 Å². The van der Waals surface area contributed by atoms with E-state index in [0.29, 0.717) is 25.6 Å². The highest BCUT2D eigenvalue weighted by molar-refractivity contribution is 7.91. The lowest BCUT2D eigenvalue weighted by Crippen LogP contribution is -2.41. The summed E-state index contributed by atoms with van der Waals surface area (Å²) >= 11 is 0. The SMILES string of the molecule is Cc1cc(OC2CCCC2)ccc1CC(=O)N1CCC(CS(=O)(=O)C(C)C)CC1. The summed E-state index contributed by atoms with van der Waals surface area (Å²) in [4.78, 5) is 14.6. The molecule has 0 spiro atoms. The molecule has 3 rings (SSSR count). The zero-order valence-corrected chi connectivity index (χ0v) is 18.8. The molecule has 1 aromatic rings. The average Bonchev–Trinajstić information content (AvgIpc) is 3.17. The molecule has 0 unspecified atom stereocenters. The third-order valence-electron chi connectivity index (χ3n) is 6.41. The van der Waals surface area contributed by atoms with E-state index in [1.165, 1.54) is 12.8 Å². The smallest absolute Gasteiger partial charge is 0.226 e. The highest BCUT2D eigenvalue weighted by atomic mass is 32.2. The van der Waals surface area contributed by atoms with Gasteiger partial charge in [-0.1, -0.05) is 6.07 Å². The highest BCUT2D eigenvalue weighted by Gasteiger charge is 2.28. The lowest BCUT2D eigenvalue weighted by atomic mass is 9.98. The first-order chi connectivity index (χ1) is 13.7. The number of carbonyl (C=O) groups excluding carboxylic acids is 1. The third kappa shape index (κ3) is 5.97. The Morgan fingerprint density at radius 3 is 2.38 bits per heavy atom. The van der Waals surface area contributed by atoms with Crippen LogP contribution < -0.4 is 4.74 Å². The van der Waals surface area contributed by atoms with E-state index in [0.717, 1.165) is 42.6 Å². The molecule has 1 aliphatic heterocycles. The zero-order chi connectivity index (χ0) is 21.0. The molecule has 1 saturated carbocycles. The van der Waals surface area contributed by atoms with Crippen LogP contribution in [0.25, 0.3) is 0 Å². The van der Waals surface area contributed by atoms with Crippen molar-refractivity contribution in [1.29, 1.82) is 0 Å². The molecular weight excluding hydrogens is 386 g/mol. The van der Waals surface area contributed by atoms with Gasteiger partial charge >= 0.3 is 0 Å². The molecule has 2 aliphatic rings. The topological polar surface area (TPSA) is 63.7 Å². The van der Waals surface area contributed by atoms with Crippen LogP contribution in [-0.2, 0) is 21.1 Å². The number of rotatable bonds is 7. The quantitative estimate of drug-likeness (QED) is 0.669. The van der Waals surface area contributed by atoms with Crippen molar-refractivity contribution < 1.29 is 17.9 Å². The molecule has 0 aromatic heterocycles. The van der Waals surface area contributed by atoms with Crippen LogP contribution in [0.3, 0.4) is 0 Å². The molecule has 0 radical (unpaired) electrons. The molecule has 1 saturated heterocycles. The number of hydrogen-bond acceptors (Lipinski definition) is 4. The predicted molar refractivity (Wildman–Crippen MR) is 116 cm³/mol. The summed E-state index contributed by atoms with van der Waals surface area (Å²) in [5, 5.41) is -0.328. The largest absolute Gasteiger partial charge is 0.490 e. The van der Waals surface area contributed by atoms with E-state index in [1.54, 1.807) is 13.8 Å². The summed E-state index contributed by atoms with van der Waals surface area (Å²) in [7, 11) is -3.02. The van der Waals surface area contributed by atoms with Gasteiger partial charge in [-0.15, -0.1) is 0 Å². The van der Waals surface area contributed by atoms with Crippen molar-refractivity contribution in [2.75, 3.05) is 18.8 Å². The molecule has 0 bridgehead atoms. The minimum Gasteiger partial charge on any atom is -0.490 e. The van der Waals surface area contributed by atoms with Crippen LogP contribution in [-0.4, -0.2) is 49.4 Å². The average molecular weight is 422 g/mol. The van der Waals surface area contributed by atoms with Crippen molar-refractivity contribution in [3.05, 3.63) is 29.3 Å². The Kier molecular flexibility index (Phi) is 7.25. The van der Waals surface area contributed by atoms with Crippen LogP contribution in [0.15, 0.2) is 18.2 Å². The number of aryl methyl sites for hydroxylation is 1. The Bertz CT molecular complexity index is 804. The van der Waals surface area contributed by atoms with Crippen LogP contribution in [0.5, 0.6) is 5.75 Å². The number of piperidine rings is 1. The normalized spacial score (nSPS) is 19.1.